The molecule has 0 unspecified atom stereocenters. The first-order valence-electron chi connectivity index (χ1n) is 8.30. The van der Waals surface area contributed by atoms with E-state index in [1.54, 1.807) is 18.2 Å². The number of hydrogen-bond donors (Lipinski definition) is 2. The van der Waals surface area contributed by atoms with Gasteiger partial charge in [0, 0.05) is 12.2 Å². The summed E-state index contributed by atoms with van der Waals surface area (Å²) in [6.45, 7) is 2.58. The van der Waals surface area contributed by atoms with Crippen LogP contribution in [0.3, 0.4) is 0 Å². The topological polar surface area (TPSA) is 62.0 Å². The molecule has 5 heteroatoms. The number of amides is 1. The van der Waals surface area contributed by atoms with Gasteiger partial charge in [0.15, 0.2) is 0 Å². The fourth-order valence-corrected chi connectivity index (χ4v) is 3.12. The minimum Gasteiger partial charge on any atom is -0.352 e. The van der Waals surface area contributed by atoms with Gasteiger partial charge < -0.3 is 10.3 Å². The highest BCUT2D eigenvalue weighted by molar-refractivity contribution is 5.94. The van der Waals surface area contributed by atoms with Crippen molar-refractivity contribution in [2.45, 2.75) is 32.6 Å². The summed E-state index contributed by atoms with van der Waals surface area (Å²) in [7, 11) is 0. The highest BCUT2D eigenvalue weighted by atomic mass is 19.1. The molecule has 0 bridgehead atoms. The molecule has 0 saturated heterocycles. The van der Waals surface area contributed by atoms with Crippen molar-refractivity contribution >= 4 is 5.91 Å². The molecule has 1 amide bonds. The summed E-state index contributed by atoms with van der Waals surface area (Å²) in [6.07, 6.45) is 3.40. The minimum absolute atomic E-state index is 0.168. The zero-order valence-corrected chi connectivity index (χ0v) is 13.7. The van der Waals surface area contributed by atoms with E-state index in [0.29, 0.717) is 18.9 Å². The van der Waals surface area contributed by atoms with Crippen LogP contribution in [-0.4, -0.2) is 17.4 Å². The molecular formula is C19H21FN2O2. The second-order valence-electron chi connectivity index (χ2n) is 6.50. The summed E-state index contributed by atoms with van der Waals surface area (Å²) in [5, 5.41) is 2.77. The van der Waals surface area contributed by atoms with Crippen LogP contribution >= 0.6 is 0 Å². The van der Waals surface area contributed by atoms with Gasteiger partial charge in [-0.2, -0.15) is 0 Å². The number of H-pyrrole nitrogens is 1. The number of halogens is 1. The van der Waals surface area contributed by atoms with Crippen LogP contribution in [0.4, 0.5) is 4.39 Å². The van der Waals surface area contributed by atoms with E-state index in [2.05, 4.69) is 17.2 Å². The SMILES string of the molecule is C[C@H]1CCc2[nH]c(=O)c(C(=O)NCCc3ccc(F)cc3)cc2C1. The Bertz CT molecular complexity index is 796. The molecule has 24 heavy (non-hydrogen) atoms. The van der Waals surface area contributed by atoms with E-state index < -0.39 is 0 Å². The van der Waals surface area contributed by atoms with Crippen molar-refractivity contribution in [3.63, 3.8) is 0 Å². The van der Waals surface area contributed by atoms with Gasteiger partial charge in [0.25, 0.3) is 11.5 Å². The van der Waals surface area contributed by atoms with Crippen LogP contribution in [0, 0.1) is 11.7 Å². The van der Waals surface area contributed by atoms with Crippen LogP contribution in [0.25, 0.3) is 0 Å². The summed E-state index contributed by atoms with van der Waals surface area (Å²) in [5.41, 5.74) is 2.80. The number of aryl methyl sites for hydroxylation is 1. The first-order chi connectivity index (χ1) is 11.5. The maximum Gasteiger partial charge on any atom is 0.261 e. The predicted molar refractivity (Wildman–Crippen MR) is 90.7 cm³/mol. The monoisotopic (exact) mass is 328 g/mol. The Morgan fingerprint density at radius 3 is 2.83 bits per heavy atom. The summed E-state index contributed by atoms with van der Waals surface area (Å²) >= 11 is 0. The van der Waals surface area contributed by atoms with Gasteiger partial charge in [-0.1, -0.05) is 19.1 Å². The van der Waals surface area contributed by atoms with Crippen molar-refractivity contribution in [3.8, 4) is 0 Å². The van der Waals surface area contributed by atoms with E-state index >= 15 is 0 Å². The second-order valence-corrected chi connectivity index (χ2v) is 6.50. The van der Waals surface area contributed by atoms with Gasteiger partial charge in [-0.05, 0) is 60.9 Å². The first kappa shape index (κ1) is 16.4. The number of aromatic nitrogens is 1. The number of hydrogen-bond acceptors (Lipinski definition) is 2. The lowest BCUT2D eigenvalue weighted by Gasteiger charge is -2.21. The number of carbonyl (C=O) groups excluding carboxylic acids is 1. The number of carbonyl (C=O) groups is 1. The van der Waals surface area contributed by atoms with Crippen LogP contribution in [0.2, 0.25) is 0 Å². The van der Waals surface area contributed by atoms with Gasteiger partial charge in [0.2, 0.25) is 0 Å². The molecule has 0 fully saturated rings. The normalized spacial score (nSPS) is 16.5. The second kappa shape index (κ2) is 6.99. The molecule has 2 N–H and O–H groups in total. The minimum atomic E-state index is -0.362. The number of rotatable bonds is 4. The van der Waals surface area contributed by atoms with Crippen molar-refractivity contribution in [1.29, 1.82) is 0 Å². The van der Waals surface area contributed by atoms with Crippen molar-refractivity contribution in [3.05, 3.63) is 68.9 Å². The average Bonchev–Trinajstić information content (AvgIpc) is 2.56. The maximum absolute atomic E-state index is 12.9. The summed E-state index contributed by atoms with van der Waals surface area (Å²) in [4.78, 5) is 27.3. The van der Waals surface area contributed by atoms with E-state index in [-0.39, 0.29) is 22.8 Å². The largest absolute Gasteiger partial charge is 0.352 e. The molecule has 1 heterocycles. The van der Waals surface area contributed by atoms with Crippen LogP contribution in [0.1, 0.15) is 40.5 Å². The molecule has 0 spiro atoms. The fraction of sp³-hybridized carbons (Fsp3) is 0.368. The summed E-state index contributed by atoms with van der Waals surface area (Å²) in [6, 6.07) is 7.90. The highest BCUT2D eigenvalue weighted by Gasteiger charge is 2.19. The molecule has 1 atom stereocenters. The maximum atomic E-state index is 12.9. The van der Waals surface area contributed by atoms with Crippen LogP contribution in [0.5, 0.6) is 0 Å². The molecule has 0 saturated carbocycles. The van der Waals surface area contributed by atoms with Crippen LogP contribution in [0.15, 0.2) is 35.1 Å². The smallest absolute Gasteiger partial charge is 0.261 e. The number of fused-ring (bicyclic) bond motifs is 1. The molecule has 126 valence electrons. The quantitative estimate of drug-likeness (QED) is 0.906. The first-order valence-corrected chi connectivity index (χ1v) is 8.30. The molecule has 1 aromatic heterocycles. The molecular weight excluding hydrogens is 307 g/mol. The molecule has 3 rings (SSSR count). The lowest BCUT2D eigenvalue weighted by atomic mass is 9.87. The molecule has 4 nitrogen and oxygen atoms in total. The average molecular weight is 328 g/mol. The van der Waals surface area contributed by atoms with Gasteiger partial charge in [-0.25, -0.2) is 4.39 Å². The summed E-state index contributed by atoms with van der Waals surface area (Å²) in [5.74, 6) is -0.0743. The molecule has 0 radical (unpaired) electrons. The van der Waals surface area contributed by atoms with E-state index in [4.69, 9.17) is 0 Å². The zero-order valence-electron chi connectivity index (χ0n) is 13.7. The lowest BCUT2D eigenvalue weighted by Crippen LogP contribution is -2.32. The third-order valence-electron chi connectivity index (χ3n) is 4.53. The fourth-order valence-electron chi connectivity index (χ4n) is 3.12. The lowest BCUT2D eigenvalue weighted by molar-refractivity contribution is 0.0952. The van der Waals surface area contributed by atoms with Gasteiger partial charge in [0.1, 0.15) is 11.4 Å². The van der Waals surface area contributed by atoms with Gasteiger partial charge >= 0.3 is 0 Å². The van der Waals surface area contributed by atoms with E-state index in [1.165, 1.54) is 12.1 Å². The molecule has 1 aliphatic rings. The van der Waals surface area contributed by atoms with Crippen molar-refractivity contribution in [2.75, 3.05) is 6.54 Å². The third-order valence-corrected chi connectivity index (χ3v) is 4.53. The van der Waals surface area contributed by atoms with Crippen molar-refractivity contribution < 1.29 is 9.18 Å². The van der Waals surface area contributed by atoms with Crippen molar-refractivity contribution in [1.82, 2.24) is 10.3 Å². The number of pyridine rings is 1. The predicted octanol–water partition coefficient (Wildman–Crippen LogP) is 2.61. The Morgan fingerprint density at radius 1 is 1.33 bits per heavy atom. The summed E-state index contributed by atoms with van der Waals surface area (Å²) < 4.78 is 12.9. The number of nitrogens with one attached hydrogen (secondary N) is 2. The number of benzene rings is 1. The van der Waals surface area contributed by atoms with Crippen LogP contribution < -0.4 is 10.9 Å². The van der Waals surface area contributed by atoms with E-state index in [0.717, 1.165) is 36.1 Å². The molecule has 0 aliphatic heterocycles. The molecule has 1 aromatic carbocycles. The van der Waals surface area contributed by atoms with Crippen LogP contribution in [-0.2, 0) is 19.3 Å². The third kappa shape index (κ3) is 3.72. The Morgan fingerprint density at radius 2 is 2.08 bits per heavy atom. The van der Waals surface area contributed by atoms with E-state index in [9.17, 15) is 14.0 Å². The Kier molecular flexibility index (Phi) is 4.79. The van der Waals surface area contributed by atoms with Gasteiger partial charge in [0.05, 0.1) is 0 Å². The Hall–Kier alpha value is -2.43. The zero-order chi connectivity index (χ0) is 17.1. The molecule has 1 aliphatic carbocycles. The van der Waals surface area contributed by atoms with Gasteiger partial charge in [-0.15, -0.1) is 0 Å². The Labute approximate surface area is 140 Å². The standard InChI is InChI=1S/C19H21FN2O2/c1-12-2-7-17-14(10-12)11-16(19(24)22-17)18(23)21-9-8-13-3-5-15(20)6-4-13/h3-6,11-12H,2,7-10H2,1H3,(H,21,23)(H,22,24)/t12-/m0/s1. The Balaban J connectivity index is 1.65. The van der Waals surface area contributed by atoms with Crippen molar-refractivity contribution in [2.24, 2.45) is 5.92 Å². The number of aromatic amines is 1. The molecule has 2 aromatic rings. The highest BCUT2D eigenvalue weighted by Crippen LogP contribution is 2.23. The van der Waals surface area contributed by atoms with Gasteiger partial charge in [-0.3, -0.25) is 9.59 Å². The van der Waals surface area contributed by atoms with E-state index in [1.807, 2.05) is 0 Å².